The van der Waals surface area contributed by atoms with E-state index in [4.69, 9.17) is 4.98 Å². The molecule has 0 bridgehead atoms. The average molecular weight is 368 g/mol. The highest BCUT2D eigenvalue weighted by Crippen LogP contribution is 2.43. The minimum atomic E-state index is -0.289. The third kappa shape index (κ3) is 2.99. The number of imidazole rings is 1. The largest absolute Gasteiger partial charge is 0.356 e. The average Bonchev–Trinajstić information content (AvgIpc) is 3.14. The summed E-state index contributed by atoms with van der Waals surface area (Å²) >= 11 is 0. The Bertz CT molecular complexity index is 837. The number of piperidine rings is 1. The zero-order valence-electron chi connectivity index (χ0n) is 16.5. The molecular weight excluding hydrogens is 340 g/mol. The fourth-order valence-corrected chi connectivity index (χ4v) is 4.73. The van der Waals surface area contributed by atoms with Crippen molar-refractivity contribution in [1.29, 1.82) is 0 Å². The van der Waals surface area contributed by atoms with Crippen molar-refractivity contribution in [3.8, 4) is 0 Å². The van der Waals surface area contributed by atoms with E-state index in [9.17, 15) is 4.79 Å². The quantitative estimate of drug-likeness (QED) is 0.900. The molecule has 4 heterocycles. The summed E-state index contributed by atoms with van der Waals surface area (Å²) < 4.78 is 0. The zero-order valence-corrected chi connectivity index (χ0v) is 16.5. The molecule has 144 valence electrons. The molecule has 2 aromatic rings. The van der Waals surface area contributed by atoms with Gasteiger partial charge >= 0.3 is 0 Å². The summed E-state index contributed by atoms with van der Waals surface area (Å²) in [5.74, 6) is 2.01. The van der Waals surface area contributed by atoms with Crippen LogP contribution in [0.15, 0.2) is 12.5 Å². The van der Waals surface area contributed by atoms with Crippen LogP contribution in [0.25, 0.3) is 0 Å². The first-order valence-corrected chi connectivity index (χ1v) is 9.93. The Kier molecular flexibility index (Phi) is 4.61. The number of nitrogens with zero attached hydrogens (tertiary/aromatic N) is 5. The molecule has 0 saturated carbocycles. The van der Waals surface area contributed by atoms with Crippen LogP contribution >= 0.6 is 0 Å². The molecule has 4 rings (SSSR count). The number of rotatable bonds is 3. The number of aromatic amines is 1. The Hall–Kier alpha value is -2.44. The lowest BCUT2D eigenvalue weighted by Crippen LogP contribution is -2.58. The van der Waals surface area contributed by atoms with Crippen molar-refractivity contribution < 1.29 is 4.79 Å². The minimum Gasteiger partial charge on any atom is -0.356 e. The fourth-order valence-electron chi connectivity index (χ4n) is 4.73. The summed E-state index contributed by atoms with van der Waals surface area (Å²) in [6, 6.07) is 0. The molecule has 2 aliphatic heterocycles. The standard InChI is InChI=1S/C20H28N6O/c1-4-5-16-12-21-14(2)24-19(16)25-10-7-20(8-11-25)18-17(22-13-23-18)6-9-26(20)15(3)27/h12-13H,4-11H2,1-3H3,(H,22,23). The lowest BCUT2D eigenvalue weighted by atomic mass is 9.78. The van der Waals surface area contributed by atoms with E-state index >= 15 is 0 Å². The molecule has 1 amide bonds. The molecule has 7 nitrogen and oxygen atoms in total. The zero-order chi connectivity index (χ0) is 19.0. The predicted molar refractivity (Wildman–Crippen MR) is 104 cm³/mol. The molecule has 2 aromatic heterocycles. The van der Waals surface area contributed by atoms with Crippen LogP contribution < -0.4 is 4.90 Å². The number of carbonyl (C=O) groups is 1. The van der Waals surface area contributed by atoms with Gasteiger partial charge in [0.2, 0.25) is 5.91 Å². The number of hydrogen-bond donors (Lipinski definition) is 1. The molecule has 1 fully saturated rings. The highest BCUT2D eigenvalue weighted by Gasteiger charge is 2.48. The topological polar surface area (TPSA) is 78.0 Å². The maximum absolute atomic E-state index is 12.4. The summed E-state index contributed by atoms with van der Waals surface area (Å²) in [6.07, 6.45) is 8.41. The molecular formula is C20H28N6O. The Morgan fingerprint density at radius 1 is 1.26 bits per heavy atom. The molecule has 7 heteroatoms. The molecule has 1 saturated heterocycles. The SMILES string of the molecule is CCCc1cnc(C)nc1N1CCC2(CC1)c1nc[nH]c1CCN2C(C)=O. The number of carbonyl (C=O) groups excluding carboxylic acids is 1. The molecule has 0 aromatic carbocycles. The number of anilines is 1. The van der Waals surface area contributed by atoms with Crippen molar-refractivity contribution in [3.63, 3.8) is 0 Å². The second-order valence-corrected chi connectivity index (χ2v) is 7.69. The van der Waals surface area contributed by atoms with E-state index in [-0.39, 0.29) is 11.4 Å². The molecule has 0 aliphatic carbocycles. The number of nitrogens with one attached hydrogen (secondary N) is 1. The Labute approximate surface area is 160 Å². The van der Waals surface area contributed by atoms with Crippen molar-refractivity contribution in [3.05, 3.63) is 35.3 Å². The van der Waals surface area contributed by atoms with E-state index in [0.29, 0.717) is 0 Å². The minimum absolute atomic E-state index is 0.140. The van der Waals surface area contributed by atoms with Crippen LogP contribution in [-0.4, -0.2) is 50.4 Å². The van der Waals surface area contributed by atoms with Crippen LogP contribution in [0.4, 0.5) is 5.82 Å². The third-order valence-electron chi connectivity index (χ3n) is 6.01. The van der Waals surface area contributed by atoms with Crippen molar-refractivity contribution in [2.24, 2.45) is 0 Å². The fraction of sp³-hybridized carbons (Fsp3) is 0.600. The monoisotopic (exact) mass is 368 g/mol. The maximum atomic E-state index is 12.4. The number of fused-ring (bicyclic) bond motifs is 2. The van der Waals surface area contributed by atoms with E-state index in [1.165, 1.54) is 11.3 Å². The number of H-pyrrole nitrogens is 1. The van der Waals surface area contributed by atoms with Gasteiger partial charge < -0.3 is 14.8 Å². The Balaban J connectivity index is 1.63. The number of amides is 1. The first-order chi connectivity index (χ1) is 13.0. The summed E-state index contributed by atoms with van der Waals surface area (Å²) in [5.41, 5.74) is 3.18. The van der Waals surface area contributed by atoms with Crippen molar-refractivity contribution in [2.75, 3.05) is 24.5 Å². The molecule has 2 aliphatic rings. The molecule has 0 radical (unpaired) electrons. The summed E-state index contributed by atoms with van der Waals surface area (Å²) in [4.78, 5) is 33.9. The van der Waals surface area contributed by atoms with Crippen LogP contribution in [0.3, 0.4) is 0 Å². The highest BCUT2D eigenvalue weighted by atomic mass is 16.2. The second kappa shape index (κ2) is 6.94. The van der Waals surface area contributed by atoms with Crippen molar-refractivity contribution in [1.82, 2.24) is 24.8 Å². The number of aryl methyl sites for hydroxylation is 2. The number of hydrogen-bond acceptors (Lipinski definition) is 5. The van der Waals surface area contributed by atoms with Crippen LogP contribution in [-0.2, 0) is 23.2 Å². The molecule has 1 N–H and O–H groups in total. The van der Waals surface area contributed by atoms with Gasteiger partial charge in [-0.3, -0.25) is 4.79 Å². The highest BCUT2D eigenvalue weighted by molar-refractivity contribution is 5.75. The van der Waals surface area contributed by atoms with Gasteiger partial charge in [0, 0.05) is 50.4 Å². The van der Waals surface area contributed by atoms with Gasteiger partial charge in [-0.15, -0.1) is 0 Å². The lowest BCUT2D eigenvalue weighted by molar-refractivity contribution is -0.138. The summed E-state index contributed by atoms with van der Waals surface area (Å²) in [7, 11) is 0. The van der Waals surface area contributed by atoms with Gasteiger partial charge in [0.05, 0.1) is 17.6 Å². The van der Waals surface area contributed by atoms with E-state index in [0.717, 1.165) is 69.1 Å². The Morgan fingerprint density at radius 2 is 2.04 bits per heavy atom. The van der Waals surface area contributed by atoms with Crippen LogP contribution in [0.5, 0.6) is 0 Å². The van der Waals surface area contributed by atoms with E-state index in [1.54, 1.807) is 13.3 Å². The normalized spacial score (nSPS) is 18.6. The maximum Gasteiger partial charge on any atom is 0.220 e. The smallest absolute Gasteiger partial charge is 0.220 e. The van der Waals surface area contributed by atoms with Gasteiger partial charge in [0.25, 0.3) is 0 Å². The molecule has 1 spiro atoms. The van der Waals surface area contributed by atoms with Crippen molar-refractivity contribution in [2.45, 2.75) is 58.4 Å². The van der Waals surface area contributed by atoms with Gasteiger partial charge in [-0.2, -0.15) is 0 Å². The number of aromatic nitrogens is 4. The van der Waals surface area contributed by atoms with Gasteiger partial charge in [0.15, 0.2) is 0 Å². The summed E-state index contributed by atoms with van der Waals surface area (Å²) in [6.45, 7) is 8.30. The molecule has 0 atom stereocenters. The van der Waals surface area contributed by atoms with Crippen molar-refractivity contribution >= 4 is 11.7 Å². The van der Waals surface area contributed by atoms with E-state index in [1.807, 2.05) is 18.0 Å². The van der Waals surface area contributed by atoms with Crippen LogP contribution in [0.1, 0.15) is 55.9 Å². The van der Waals surface area contributed by atoms with E-state index in [2.05, 4.69) is 26.8 Å². The second-order valence-electron chi connectivity index (χ2n) is 7.69. The van der Waals surface area contributed by atoms with Gasteiger partial charge in [-0.25, -0.2) is 15.0 Å². The van der Waals surface area contributed by atoms with Gasteiger partial charge in [-0.05, 0) is 26.2 Å². The molecule has 0 unspecified atom stereocenters. The van der Waals surface area contributed by atoms with Gasteiger partial charge in [0.1, 0.15) is 11.6 Å². The molecule has 27 heavy (non-hydrogen) atoms. The van der Waals surface area contributed by atoms with Gasteiger partial charge in [-0.1, -0.05) is 13.3 Å². The van der Waals surface area contributed by atoms with E-state index < -0.39 is 0 Å². The summed E-state index contributed by atoms with van der Waals surface area (Å²) in [5, 5.41) is 0. The first kappa shape index (κ1) is 17.9. The van der Waals surface area contributed by atoms with Crippen LogP contribution in [0, 0.1) is 6.92 Å². The van der Waals surface area contributed by atoms with Crippen LogP contribution in [0.2, 0.25) is 0 Å². The first-order valence-electron chi connectivity index (χ1n) is 9.93. The lowest BCUT2D eigenvalue weighted by Gasteiger charge is -2.50. The predicted octanol–water partition coefficient (Wildman–Crippen LogP) is 2.36. The third-order valence-corrected chi connectivity index (χ3v) is 6.01. The Morgan fingerprint density at radius 3 is 2.74 bits per heavy atom.